The number of carbonyl (C=O) groups is 1. The summed E-state index contributed by atoms with van der Waals surface area (Å²) in [7, 11) is 1.84. The van der Waals surface area contributed by atoms with E-state index in [2.05, 4.69) is 17.0 Å². The van der Waals surface area contributed by atoms with Gasteiger partial charge < -0.3 is 14.9 Å². The van der Waals surface area contributed by atoms with Gasteiger partial charge in [-0.15, -0.1) is 0 Å². The highest BCUT2D eigenvalue weighted by Crippen LogP contribution is 2.32. The Morgan fingerprint density at radius 3 is 2.37 bits per heavy atom. The number of nitrogens with zero attached hydrogens (tertiary/aromatic N) is 2. The van der Waals surface area contributed by atoms with Crippen LogP contribution < -0.4 is 0 Å². The van der Waals surface area contributed by atoms with Crippen LogP contribution in [0.4, 0.5) is 0 Å². The van der Waals surface area contributed by atoms with Crippen LogP contribution in [0.5, 0.6) is 0 Å². The minimum atomic E-state index is -0.376. The van der Waals surface area contributed by atoms with Crippen molar-refractivity contribution < 1.29 is 9.90 Å². The van der Waals surface area contributed by atoms with Gasteiger partial charge in [-0.3, -0.25) is 4.79 Å². The molecule has 6 heteroatoms. The zero-order chi connectivity index (χ0) is 24.8. The first-order valence-electron chi connectivity index (χ1n) is 12.2. The van der Waals surface area contributed by atoms with Crippen LogP contribution in [0.1, 0.15) is 52.7 Å². The lowest BCUT2D eigenvalue weighted by Crippen LogP contribution is -2.43. The third-order valence-electron chi connectivity index (χ3n) is 6.98. The van der Waals surface area contributed by atoms with Gasteiger partial charge in [0.15, 0.2) is 0 Å². The molecule has 184 valence electrons. The van der Waals surface area contributed by atoms with Crippen LogP contribution in [0, 0.1) is 0 Å². The number of likely N-dealkylation sites (tertiary alicyclic amines) is 1. The van der Waals surface area contributed by atoms with E-state index in [4.69, 9.17) is 23.2 Å². The van der Waals surface area contributed by atoms with Gasteiger partial charge in [0.05, 0.1) is 22.2 Å². The van der Waals surface area contributed by atoms with E-state index < -0.39 is 0 Å². The number of carbonyl (C=O) groups excluding carboxylic acids is 1. The van der Waals surface area contributed by atoms with Crippen molar-refractivity contribution in [2.24, 2.45) is 0 Å². The molecule has 4 nitrogen and oxygen atoms in total. The fraction of sp³-hybridized carbons (Fsp3) is 0.345. The standard InChI is InChI=1S/C29H32Cl2N2O2/c1-32(29(35)22-11-6-3-7-12-22)27(23-14-15-25(30)26(31)19-23)13-8-17-33-18-16-24(28(34)20-33)21-9-4-2-5-10-21/h2-7,9-12,14-15,19,24,27-28,34H,8,13,16-18,20H2,1H3/t24-,27+,28+/m0/s1. The van der Waals surface area contributed by atoms with Crippen molar-refractivity contribution >= 4 is 29.1 Å². The molecule has 3 atom stereocenters. The number of rotatable bonds is 8. The Bertz CT molecular complexity index is 1110. The van der Waals surface area contributed by atoms with E-state index in [0.29, 0.717) is 22.2 Å². The predicted molar refractivity (Wildman–Crippen MR) is 143 cm³/mol. The molecule has 0 spiro atoms. The molecule has 0 radical (unpaired) electrons. The highest BCUT2D eigenvalue weighted by molar-refractivity contribution is 6.42. The van der Waals surface area contributed by atoms with E-state index >= 15 is 0 Å². The van der Waals surface area contributed by atoms with Crippen molar-refractivity contribution in [3.8, 4) is 0 Å². The number of β-amino-alcohol motifs (C(OH)–C–C–N with tert-alkyl or cyclic N) is 1. The molecule has 1 fully saturated rings. The molecule has 1 aliphatic rings. The molecule has 0 saturated carbocycles. The lowest BCUT2D eigenvalue weighted by Gasteiger charge is -2.37. The van der Waals surface area contributed by atoms with Gasteiger partial charge in [0.1, 0.15) is 0 Å². The number of benzene rings is 3. The number of aliphatic hydroxyl groups excluding tert-OH is 1. The third kappa shape index (κ3) is 6.45. The van der Waals surface area contributed by atoms with Crippen molar-refractivity contribution in [2.45, 2.75) is 37.3 Å². The number of aliphatic hydroxyl groups is 1. The second-order valence-electron chi connectivity index (χ2n) is 9.29. The smallest absolute Gasteiger partial charge is 0.254 e. The molecule has 1 N–H and O–H groups in total. The molecule has 1 amide bonds. The van der Waals surface area contributed by atoms with Crippen molar-refractivity contribution in [1.29, 1.82) is 0 Å². The third-order valence-corrected chi connectivity index (χ3v) is 7.72. The van der Waals surface area contributed by atoms with E-state index in [-0.39, 0.29) is 24.0 Å². The Hall–Kier alpha value is -2.37. The average molecular weight is 511 g/mol. The Morgan fingerprint density at radius 1 is 1.03 bits per heavy atom. The van der Waals surface area contributed by atoms with Crippen LogP contribution in [0.3, 0.4) is 0 Å². The molecule has 0 unspecified atom stereocenters. The number of piperidine rings is 1. The normalized spacial score (nSPS) is 19.3. The second kappa shape index (κ2) is 12.0. The quantitative estimate of drug-likeness (QED) is 0.379. The Kier molecular flexibility index (Phi) is 8.85. The van der Waals surface area contributed by atoms with Crippen molar-refractivity contribution in [3.05, 3.63) is 106 Å². The highest BCUT2D eigenvalue weighted by atomic mass is 35.5. The van der Waals surface area contributed by atoms with E-state index in [9.17, 15) is 9.90 Å². The summed E-state index contributed by atoms with van der Waals surface area (Å²) in [6.45, 7) is 2.48. The van der Waals surface area contributed by atoms with Gasteiger partial charge >= 0.3 is 0 Å². The van der Waals surface area contributed by atoms with Crippen LogP contribution >= 0.6 is 23.2 Å². The minimum Gasteiger partial charge on any atom is -0.391 e. The number of halogens is 2. The summed E-state index contributed by atoms with van der Waals surface area (Å²) in [5, 5.41) is 11.8. The first-order valence-corrected chi connectivity index (χ1v) is 12.9. The Morgan fingerprint density at radius 2 is 1.71 bits per heavy atom. The molecule has 4 rings (SSSR count). The van der Waals surface area contributed by atoms with Gasteiger partial charge in [-0.2, -0.15) is 0 Å². The van der Waals surface area contributed by atoms with Crippen molar-refractivity contribution in [3.63, 3.8) is 0 Å². The predicted octanol–water partition coefficient (Wildman–Crippen LogP) is 6.44. The maximum absolute atomic E-state index is 13.2. The molecular weight excluding hydrogens is 479 g/mol. The summed E-state index contributed by atoms with van der Waals surface area (Å²) >= 11 is 12.5. The molecule has 3 aromatic rings. The Labute approximate surface area is 218 Å². The highest BCUT2D eigenvalue weighted by Gasteiger charge is 2.29. The topological polar surface area (TPSA) is 43.8 Å². The molecule has 1 heterocycles. The van der Waals surface area contributed by atoms with E-state index in [0.717, 1.165) is 37.9 Å². The van der Waals surface area contributed by atoms with Gasteiger partial charge in [-0.05, 0) is 67.7 Å². The molecule has 1 aliphatic heterocycles. The molecule has 35 heavy (non-hydrogen) atoms. The van der Waals surface area contributed by atoms with Crippen LogP contribution in [0.15, 0.2) is 78.9 Å². The lowest BCUT2D eigenvalue weighted by atomic mass is 9.87. The minimum absolute atomic E-state index is 0.0271. The zero-order valence-corrected chi connectivity index (χ0v) is 21.5. The first-order chi connectivity index (χ1) is 16.9. The van der Waals surface area contributed by atoms with E-state index in [1.165, 1.54) is 5.56 Å². The maximum atomic E-state index is 13.2. The van der Waals surface area contributed by atoms with Crippen molar-refractivity contribution in [2.75, 3.05) is 26.7 Å². The van der Waals surface area contributed by atoms with Gasteiger partial charge in [0, 0.05) is 25.1 Å². The zero-order valence-electron chi connectivity index (χ0n) is 20.0. The SMILES string of the molecule is CN(C(=O)c1ccccc1)[C@H](CCCN1CC[C@@H](c2ccccc2)[C@H](O)C1)c1ccc(Cl)c(Cl)c1. The van der Waals surface area contributed by atoms with E-state index in [1.807, 2.05) is 67.7 Å². The fourth-order valence-electron chi connectivity index (χ4n) is 5.03. The van der Waals surface area contributed by atoms with E-state index in [1.54, 1.807) is 11.0 Å². The Balaban J connectivity index is 1.41. The first kappa shape index (κ1) is 25.7. The lowest BCUT2D eigenvalue weighted by molar-refractivity contribution is 0.0490. The van der Waals surface area contributed by atoms with Crippen LogP contribution in [0.25, 0.3) is 0 Å². The van der Waals surface area contributed by atoms with Crippen molar-refractivity contribution in [1.82, 2.24) is 9.80 Å². The molecule has 1 saturated heterocycles. The second-order valence-corrected chi connectivity index (χ2v) is 10.1. The molecule has 3 aromatic carbocycles. The monoisotopic (exact) mass is 510 g/mol. The number of hydrogen-bond acceptors (Lipinski definition) is 3. The maximum Gasteiger partial charge on any atom is 0.254 e. The van der Waals surface area contributed by atoms with Gasteiger partial charge in [-0.1, -0.05) is 77.8 Å². The largest absolute Gasteiger partial charge is 0.391 e. The number of hydrogen-bond donors (Lipinski definition) is 1. The van der Waals surface area contributed by atoms with Crippen LogP contribution in [0.2, 0.25) is 10.0 Å². The fourth-order valence-corrected chi connectivity index (χ4v) is 5.33. The van der Waals surface area contributed by atoms with Gasteiger partial charge in [0.25, 0.3) is 5.91 Å². The average Bonchev–Trinajstić information content (AvgIpc) is 2.88. The molecular formula is C29H32Cl2N2O2. The van der Waals surface area contributed by atoms with Gasteiger partial charge in [-0.25, -0.2) is 0 Å². The molecule has 0 aliphatic carbocycles. The summed E-state index contributed by atoms with van der Waals surface area (Å²) in [6, 6.07) is 25.1. The van der Waals surface area contributed by atoms with Gasteiger partial charge in [0.2, 0.25) is 0 Å². The summed E-state index contributed by atoms with van der Waals surface area (Å²) in [6.07, 6.45) is 2.23. The van der Waals surface area contributed by atoms with Crippen LogP contribution in [-0.2, 0) is 0 Å². The van der Waals surface area contributed by atoms with Crippen LogP contribution in [-0.4, -0.2) is 53.6 Å². The summed E-state index contributed by atoms with van der Waals surface area (Å²) in [5.74, 6) is 0.159. The molecule has 0 bridgehead atoms. The molecule has 0 aromatic heterocycles. The number of amides is 1. The summed E-state index contributed by atoms with van der Waals surface area (Å²) in [5.41, 5.74) is 2.83. The summed E-state index contributed by atoms with van der Waals surface area (Å²) in [4.78, 5) is 17.3. The summed E-state index contributed by atoms with van der Waals surface area (Å²) < 4.78 is 0.